The fourth-order valence-electron chi connectivity index (χ4n) is 1.12. The topological polar surface area (TPSA) is 75.3 Å². The van der Waals surface area contributed by atoms with Crippen LogP contribution < -0.4 is 11.1 Å². The molecule has 1 aromatic rings. The Bertz CT molecular complexity index is 399. The number of benzene rings is 1. The number of nitrogen functional groups attached to an aromatic ring is 1. The van der Waals surface area contributed by atoms with Crippen molar-refractivity contribution in [1.29, 1.82) is 0 Å². The molecule has 4 nitrogen and oxygen atoms in total. The highest BCUT2D eigenvalue weighted by Crippen LogP contribution is 2.13. The molecule has 0 fully saturated rings. The van der Waals surface area contributed by atoms with Gasteiger partial charge in [0.2, 0.25) is 0 Å². The first kappa shape index (κ1) is 12.4. The fourth-order valence-corrected chi connectivity index (χ4v) is 1.12. The predicted octanol–water partition coefficient (Wildman–Crippen LogP) is 0.909. The number of nitrogens with one attached hydrogen (secondary N) is 1. The third-order valence-corrected chi connectivity index (χ3v) is 1.94. The van der Waals surface area contributed by atoms with Crippen LogP contribution in [0.15, 0.2) is 18.2 Å². The van der Waals surface area contributed by atoms with E-state index in [-0.39, 0.29) is 17.8 Å². The smallest absolute Gasteiger partial charge is 0.253 e. The Kier molecular flexibility index (Phi) is 3.49. The van der Waals surface area contributed by atoms with Crippen molar-refractivity contribution in [2.75, 3.05) is 12.3 Å². The molecular formula is C11H15FN2O2. The van der Waals surface area contributed by atoms with Gasteiger partial charge in [0.25, 0.3) is 5.91 Å². The minimum Gasteiger partial charge on any atom is -0.398 e. The second-order valence-corrected chi connectivity index (χ2v) is 4.23. The molecule has 1 rings (SSSR count). The van der Waals surface area contributed by atoms with Crippen LogP contribution in [-0.2, 0) is 0 Å². The average molecular weight is 226 g/mol. The van der Waals surface area contributed by atoms with Gasteiger partial charge in [-0.15, -0.1) is 0 Å². The summed E-state index contributed by atoms with van der Waals surface area (Å²) in [6, 6.07) is 3.57. The average Bonchev–Trinajstić information content (AvgIpc) is 2.17. The number of carbonyl (C=O) groups is 1. The Morgan fingerprint density at radius 1 is 1.56 bits per heavy atom. The monoisotopic (exact) mass is 226 g/mol. The van der Waals surface area contributed by atoms with Gasteiger partial charge in [-0.3, -0.25) is 4.79 Å². The lowest BCUT2D eigenvalue weighted by molar-refractivity contribution is 0.0694. The molecule has 0 aromatic heterocycles. The highest BCUT2D eigenvalue weighted by molar-refractivity contribution is 5.99. The van der Waals surface area contributed by atoms with Gasteiger partial charge in [-0.05, 0) is 32.0 Å². The maximum absolute atomic E-state index is 12.9. The molecule has 0 spiro atoms. The van der Waals surface area contributed by atoms with Crippen molar-refractivity contribution in [3.05, 3.63) is 29.6 Å². The standard InChI is InChI=1S/C11H15FN2O2/c1-11(2,16)6-14-10(15)8-5-7(12)3-4-9(8)13/h3-5,16H,6,13H2,1-2H3,(H,14,15). The van der Waals surface area contributed by atoms with Gasteiger partial charge in [0.1, 0.15) is 5.82 Å². The van der Waals surface area contributed by atoms with Crippen molar-refractivity contribution < 1.29 is 14.3 Å². The summed E-state index contributed by atoms with van der Waals surface area (Å²) in [6.07, 6.45) is 0. The zero-order chi connectivity index (χ0) is 12.3. The molecule has 0 aliphatic rings. The molecule has 5 heteroatoms. The molecule has 1 aromatic carbocycles. The number of aliphatic hydroxyl groups is 1. The normalized spacial score (nSPS) is 11.2. The summed E-state index contributed by atoms with van der Waals surface area (Å²) in [5.41, 5.74) is 4.80. The van der Waals surface area contributed by atoms with E-state index in [9.17, 15) is 14.3 Å². The zero-order valence-corrected chi connectivity index (χ0v) is 9.25. The number of nitrogens with two attached hydrogens (primary N) is 1. The molecule has 0 bridgehead atoms. The Morgan fingerprint density at radius 2 is 2.19 bits per heavy atom. The maximum Gasteiger partial charge on any atom is 0.253 e. The first-order chi connectivity index (χ1) is 7.29. The van der Waals surface area contributed by atoms with Gasteiger partial charge in [-0.1, -0.05) is 0 Å². The molecule has 0 saturated carbocycles. The third-order valence-electron chi connectivity index (χ3n) is 1.94. The van der Waals surface area contributed by atoms with E-state index >= 15 is 0 Å². The highest BCUT2D eigenvalue weighted by Gasteiger charge is 2.16. The van der Waals surface area contributed by atoms with Gasteiger partial charge in [0.05, 0.1) is 11.2 Å². The number of rotatable bonds is 3. The third kappa shape index (κ3) is 3.51. The van der Waals surface area contributed by atoms with Crippen molar-refractivity contribution >= 4 is 11.6 Å². The lowest BCUT2D eigenvalue weighted by atomic mass is 10.1. The summed E-state index contributed by atoms with van der Waals surface area (Å²) >= 11 is 0. The molecule has 4 N–H and O–H groups in total. The van der Waals surface area contributed by atoms with Crippen LogP contribution in [0.3, 0.4) is 0 Å². The Morgan fingerprint density at radius 3 is 2.75 bits per heavy atom. The van der Waals surface area contributed by atoms with Gasteiger partial charge < -0.3 is 16.2 Å². The van der Waals surface area contributed by atoms with Crippen LogP contribution in [-0.4, -0.2) is 23.2 Å². The number of halogens is 1. The number of anilines is 1. The van der Waals surface area contributed by atoms with Crippen molar-refractivity contribution in [2.24, 2.45) is 0 Å². The van der Waals surface area contributed by atoms with Gasteiger partial charge in [0, 0.05) is 12.2 Å². The van der Waals surface area contributed by atoms with Gasteiger partial charge in [-0.25, -0.2) is 4.39 Å². The molecular weight excluding hydrogens is 211 g/mol. The van der Waals surface area contributed by atoms with Gasteiger partial charge in [0.15, 0.2) is 0 Å². The summed E-state index contributed by atoms with van der Waals surface area (Å²) in [5, 5.41) is 11.9. The van der Waals surface area contributed by atoms with E-state index < -0.39 is 17.3 Å². The molecule has 0 heterocycles. The maximum atomic E-state index is 12.9. The summed E-state index contributed by atoms with van der Waals surface area (Å²) in [6.45, 7) is 3.19. The van der Waals surface area contributed by atoms with E-state index in [0.717, 1.165) is 6.07 Å². The summed E-state index contributed by atoms with van der Waals surface area (Å²) in [7, 11) is 0. The van der Waals surface area contributed by atoms with Crippen molar-refractivity contribution in [3.8, 4) is 0 Å². The van der Waals surface area contributed by atoms with Crippen molar-refractivity contribution in [1.82, 2.24) is 5.32 Å². The van der Waals surface area contributed by atoms with Crippen LogP contribution in [0.25, 0.3) is 0 Å². The van der Waals surface area contributed by atoms with Crippen LogP contribution in [0.5, 0.6) is 0 Å². The lowest BCUT2D eigenvalue weighted by Gasteiger charge is -2.17. The first-order valence-corrected chi connectivity index (χ1v) is 4.85. The molecule has 0 aliphatic carbocycles. The molecule has 0 saturated heterocycles. The number of hydrogen-bond donors (Lipinski definition) is 3. The fraction of sp³-hybridized carbons (Fsp3) is 0.364. The van der Waals surface area contributed by atoms with Crippen LogP contribution in [0.4, 0.5) is 10.1 Å². The van der Waals surface area contributed by atoms with Crippen molar-refractivity contribution in [3.63, 3.8) is 0 Å². The molecule has 16 heavy (non-hydrogen) atoms. The Balaban J connectivity index is 2.77. The van der Waals surface area contributed by atoms with E-state index in [1.807, 2.05) is 0 Å². The molecule has 0 radical (unpaired) electrons. The second-order valence-electron chi connectivity index (χ2n) is 4.23. The number of amides is 1. The molecule has 1 amide bonds. The first-order valence-electron chi connectivity index (χ1n) is 4.85. The second kappa shape index (κ2) is 4.49. The summed E-state index contributed by atoms with van der Waals surface area (Å²) in [4.78, 5) is 11.6. The van der Waals surface area contributed by atoms with Crippen molar-refractivity contribution in [2.45, 2.75) is 19.4 Å². The summed E-state index contributed by atoms with van der Waals surface area (Å²) < 4.78 is 12.9. The van der Waals surface area contributed by atoms with E-state index in [1.54, 1.807) is 13.8 Å². The molecule has 0 unspecified atom stereocenters. The molecule has 0 atom stereocenters. The Hall–Kier alpha value is -1.62. The van der Waals surface area contributed by atoms with E-state index in [4.69, 9.17) is 5.73 Å². The van der Waals surface area contributed by atoms with Crippen LogP contribution in [0.1, 0.15) is 24.2 Å². The SMILES string of the molecule is CC(C)(O)CNC(=O)c1cc(F)ccc1N. The number of carbonyl (C=O) groups excluding carboxylic acids is 1. The van der Waals surface area contributed by atoms with Crippen LogP contribution in [0.2, 0.25) is 0 Å². The molecule has 0 aliphatic heterocycles. The van der Waals surface area contributed by atoms with Crippen LogP contribution in [0, 0.1) is 5.82 Å². The predicted molar refractivity (Wildman–Crippen MR) is 59.4 cm³/mol. The van der Waals surface area contributed by atoms with E-state index in [1.165, 1.54) is 12.1 Å². The van der Waals surface area contributed by atoms with Gasteiger partial charge in [-0.2, -0.15) is 0 Å². The van der Waals surface area contributed by atoms with E-state index in [2.05, 4.69) is 5.32 Å². The van der Waals surface area contributed by atoms with Gasteiger partial charge >= 0.3 is 0 Å². The van der Waals surface area contributed by atoms with Crippen LogP contribution >= 0.6 is 0 Å². The minimum atomic E-state index is -1.02. The largest absolute Gasteiger partial charge is 0.398 e. The number of hydrogen-bond acceptors (Lipinski definition) is 3. The quantitative estimate of drug-likeness (QED) is 0.670. The minimum absolute atomic E-state index is 0.0712. The van der Waals surface area contributed by atoms with E-state index in [0.29, 0.717) is 0 Å². The summed E-state index contributed by atoms with van der Waals surface area (Å²) in [5.74, 6) is -1.03. The highest BCUT2D eigenvalue weighted by atomic mass is 19.1. The zero-order valence-electron chi connectivity index (χ0n) is 9.25. The molecule has 88 valence electrons. The lowest BCUT2D eigenvalue weighted by Crippen LogP contribution is -2.38. The Labute approximate surface area is 93.3 Å².